The molecule has 2 aromatic carbocycles. The van der Waals surface area contributed by atoms with Gasteiger partial charge in [-0.1, -0.05) is 37.3 Å². The zero-order valence-electron chi connectivity index (χ0n) is 14.8. The molecule has 0 bridgehead atoms. The van der Waals surface area contributed by atoms with Gasteiger partial charge in [-0.25, -0.2) is 9.48 Å². The first-order valence-corrected chi connectivity index (χ1v) is 8.45. The lowest BCUT2D eigenvalue weighted by Crippen LogP contribution is -2.23. The van der Waals surface area contributed by atoms with Gasteiger partial charge >= 0.3 is 5.97 Å². The maximum atomic E-state index is 12.2. The number of carbonyl (C=O) groups excluding carboxylic acids is 1. The van der Waals surface area contributed by atoms with Gasteiger partial charge in [0, 0.05) is 11.6 Å². The van der Waals surface area contributed by atoms with E-state index in [1.807, 2.05) is 18.2 Å². The molecular weight excluding hydrogens is 328 g/mol. The molecule has 132 valence electrons. The van der Waals surface area contributed by atoms with E-state index in [2.05, 4.69) is 24.2 Å². The van der Waals surface area contributed by atoms with Gasteiger partial charge in [0.05, 0.1) is 24.9 Å². The largest absolute Gasteiger partial charge is 0.465 e. The van der Waals surface area contributed by atoms with Crippen LogP contribution in [0, 0.1) is 0 Å². The molecule has 0 amide bonds. The number of benzene rings is 2. The van der Waals surface area contributed by atoms with Crippen LogP contribution in [0.4, 0.5) is 0 Å². The van der Waals surface area contributed by atoms with Gasteiger partial charge in [-0.15, -0.1) is 0 Å². The Bertz CT molecular complexity index is 992. The van der Waals surface area contributed by atoms with Crippen LogP contribution in [0.5, 0.6) is 0 Å². The van der Waals surface area contributed by atoms with E-state index in [0.29, 0.717) is 5.56 Å². The van der Waals surface area contributed by atoms with Crippen molar-refractivity contribution in [1.29, 1.82) is 0 Å². The summed E-state index contributed by atoms with van der Waals surface area (Å²) in [7, 11) is 1.34. The summed E-state index contributed by atoms with van der Waals surface area (Å²) in [5.41, 5.74) is 3.99. The molecule has 0 N–H and O–H groups in total. The van der Waals surface area contributed by atoms with E-state index >= 15 is 0 Å². The van der Waals surface area contributed by atoms with Crippen LogP contribution in [0.25, 0.3) is 11.3 Å². The molecule has 5 heteroatoms. The molecule has 1 aromatic heterocycles. The fraction of sp³-hybridized carbons (Fsp3) is 0.190. The normalized spacial score (nSPS) is 10.5. The van der Waals surface area contributed by atoms with Gasteiger partial charge in [0.1, 0.15) is 0 Å². The molecule has 5 nitrogen and oxygen atoms in total. The highest BCUT2D eigenvalue weighted by atomic mass is 16.5. The second-order valence-corrected chi connectivity index (χ2v) is 5.96. The third-order valence-electron chi connectivity index (χ3n) is 4.18. The highest BCUT2D eigenvalue weighted by Crippen LogP contribution is 2.17. The second-order valence-electron chi connectivity index (χ2n) is 5.96. The van der Waals surface area contributed by atoms with E-state index in [1.165, 1.54) is 23.4 Å². The quantitative estimate of drug-likeness (QED) is 0.664. The minimum atomic E-state index is -0.405. The predicted octanol–water partition coefficient (Wildman–Crippen LogP) is 3.31. The Morgan fingerprint density at radius 3 is 2.58 bits per heavy atom. The topological polar surface area (TPSA) is 61.2 Å². The van der Waals surface area contributed by atoms with Gasteiger partial charge < -0.3 is 4.74 Å². The van der Waals surface area contributed by atoms with E-state index in [9.17, 15) is 9.59 Å². The fourth-order valence-electron chi connectivity index (χ4n) is 2.75. The maximum absolute atomic E-state index is 12.2. The summed E-state index contributed by atoms with van der Waals surface area (Å²) in [6, 6.07) is 18.4. The summed E-state index contributed by atoms with van der Waals surface area (Å²) in [5, 5.41) is 4.50. The highest BCUT2D eigenvalue weighted by Gasteiger charge is 2.08. The molecule has 0 fully saturated rings. The van der Waals surface area contributed by atoms with Crippen LogP contribution in [-0.4, -0.2) is 22.9 Å². The van der Waals surface area contributed by atoms with E-state index in [0.717, 1.165) is 23.2 Å². The molecule has 0 atom stereocenters. The third-order valence-corrected chi connectivity index (χ3v) is 4.18. The number of ether oxygens (including phenoxy) is 1. The first-order valence-electron chi connectivity index (χ1n) is 8.45. The number of rotatable bonds is 5. The molecular formula is C21H20N2O3. The maximum Gasteiger partial charge on any atom is 0.337 e. The van der Waals surface area contributed by atoms with Crippen molar-refractivity contribution in [3.05, 3.63) is 87.7 Å². The van der Waals surface area contributed by atoms with E-state index < -0.39 is 5.97 Å². The standard InChI is InChI=1S/C21H20N2O3/c1-3-15-6-4-8-17(12-15)19-10-11-20(24)23(22-19)14-16-7-5-9-18(13-16)21(25)26-2/h4-13H,3,14H2,1-2H3. The fourth-order valence-corrected chi connectivity index (χ4v) is 2.75. The van der Waals surface area contributed by atoms with Gasteiger partial charge in [0.2, 0.25) is 0 Å². The van der Waals surface area contributed by atoms with Gasteiger partial charge in [-0.05, 0) is 41.8 Å². The van der Waals surface area contributed by atoms with E-state index in [4.69, 9.17) is 4.74 Å². The number of hydrogen-bond donors (Lipinski definition) is 0. The van der Waals surface area contributed by atoms with Gasteiger partial charge in [-0.3, -0.25) is 4.79 Å². The number of aryl methyl sites for hydroxylation is 1. The minimum Gasteiger partial charge on any atom is -0.465 e. The predicted molar refractivity (Wildman–Crippen MR) is 100 cm³/mol. The Labute approximate surface area is 151 Å². The Morgan fingerprint density at radius 2 is 1.81 bits per heavy atom. The van der Waals surface area contributed by atoms with Crippen molar-refractivity contribution < 1.29 is 9.53 Å². The molecule has 0 saturated carbocycles. The van der Waals surface area contributed by atoms with Crippen LogP contribution in [0.15, 0.2) is 65.5 Å². The Hall–Kier alpha value is -3.21. The number of hydrogen-bond acceptors (Lipinski definition) is 4. The van der Waals surface area contributed by atoms with Crippen LogP contribution in [0.1, 0.15) is 28.4 Å². The van der Waals surface area contributed by atoms with Gasteiger partial charge in [0.15, 0.2) is 0 Å². The van der Waals surface area contributed by atoms with Crippen LogP contribution < -0.4 is 5.56 Å². The summed E-state index contributed by atoms with van der Waals surface area (Å²) in [4.78, 5) is 23.9. The monoisotopic (exact) mass is 348 g/mol. The summed E-state index contributed by atoms with van der Waals surface area (Å²) >= 11 is 0. The Morgan fingerprint density at radius 1 is 1.04 bits per heavy atom. The third kappa shape index (κ3) is 3.88. The molecule has 0 aliphatic rings. The molecule has 0 radical (unpaired) electrons. The van der Waals surface area contributed by atoms with Crippen molar-refractivity contribution in [2.45, 2.75) is 19.9 Å². The molecule has 1 heterocycles. The second kappa shape index (κ2) is 7.78. The lowest BCUT2D eigenvalue weighted by Gasteiger charge is -2.09. The van der Waals surface area contributed by atoms with Crippen LogP contribution in [0.2, 0.25) is 0 Å². The average molecular weight is 348 g/mol. The minimum absolute atomic E-state index is 0.191. The SMILES string of the molecule is CCc1cccc(-c2ccc(=O)n(Cc3cccc(C(=O)OC)c3)n2)c1. The van der Waals surface area contributed by atoms with Crippen molar-refractivity contribution in [2.24, 2.45) is 0 Å². The molecule has 3 rings (SSSR count). The van der Waals surface area contributed by atoms with Crippen LogP contribution >= 0.6 is 0 Å². The average Bonchev–Trinajstić information content (AvgIpc) is 2.69. The van der Waals surface area contributed by atoms with Gasteiger partial charge in [-0.2, -0.15) is 5.10 Å². The Kier molecular flexibility index (Phi) is 5.27. The Balaban J connectivity index is 1.93. The molecule has 0 aliphatic carbocycles. The first-order chi connectivity index (χ1) is 12.6. The molecule has 26 heavy (non-hydrogen) atoms. The van der Waals surface area contributed by atoms with Gasteiger partial charge in [0.25, 0.3) is 5.56 Å². The molecule has 3 aromatic rings. The van der Waals surface area contributed by atoms with E-state index in [-0.39, 0.29) is 12.1 Å². The van der Waals surface area contributed by atoms with Crippen molar-refractivity contribution >= 4 is 5.97 Å². The number of carbonyl (C=O) groups is 1. The van der Waals surface area contributed by atoms with Crippen molar-refractivity contribution in [3.8, 4) is 11.3 Å². The molecule has 0 saturated heterocycles. The highest BCUT2D eigenvalue weighted by molar-refractivity contribution is 5.89. The van der Waals surface area contributed by atoms with E-state index in [1.54, 1.807) is 24.3 Å². The van der Waals surface area contributed by atoms with Crippen molar-refractivity contribution in [3.63, 3.8) is 0 Å². The summed E-state index contributed by atoms with van der Waals surface area (Å²) in [6.07, 6.45) is 0.938. The zero-order valence-corrected chi connectivity index (χ0v) is 14.8. The lowest BCUT2D eigenvalue weighted by molar-refractivity contribution is 0.0600. The summed E-state index contributed by atoms with van der Waals surface area (Å²) < 4.78 is 6.15. The smallest absolute Gasteiger partial charge is 0.337 e. The van der Waals surface area contributed by atoms with Crippen LogP contribution in [-0.2, 0) is 17.7 Å². The lowest BCUT2D eigenvalue weighted by atomic mass is 10.1. The first kappa shape index (κ1) is 17.6. The molecule has 0 unspecified atom stereocenters. The number of aromatic nitrogens is 2. The number of nitrogens with zero attached hydrogens (tertiary/aromatic N) is 2. The zero-order chi connectivity index (χ0) is 18.5. The number of esters is 1. The molecule has 0 aliphatic heterocycles. The molecule has 0 spiro atoms. The van der Waals surface area contributed by atoms with Crippen molar-refractivity contribution in [1.82, 2.24) is 9.78 Å². The van der Waals surface area contributed by atoms with Crippen LogP contribution in [0.3, 0.4) is 0 Å². The summed E-state index contributed by atoms with van der Waals surface area (Å²) in [5.74, 6) is -0.405. The summed E-state index contributed by atoms with van der Waals surface area (Å²) in [6.45, 7) is 2.38. The van der Waals surface area contributed by atoms with Crippen molar-refractivity contribution in [2.75, 3.05) is 7.11 Å². The number of methoxy groups -OCH3 is 1.